The van der Waals surface area contributed by atoms with Gasteiger partial charge in [-0.2, -0.15) is 5.01 Å². The number of amides is 2. The van der Waals surface area contributed by atoms with Crippen LogP contribution < -0.4 is 5.43 Å². The largest absolute Gasteiger partial charge is 0.451 e. The minimum Gasteiger partial charge on any atom is -0.451 e. The number of carbonyl (C=O) groups excluding carboxylic acids is 2. The lowest BCUT2D eigenvalue weighted by molar-refractivity contribution is -0.136. The molecule has 0 saturated carbocycles. The Morgan fingerprint density at radius 3 is 2.85 bits per heavy atom. The second-order valence-corrected chi connectivity index (χ2v) is 4.68. The molecule has 3 rings (SSSR count). The van der Waals surface area contributed by atoms with Gasteiger partial charge in [-0.1, -0.05) is 30.3 Å². The molecule has 7 heteroatoms. The van der Waals surface area contributed by atoms with Crippen molar-refractivity contribution in [1.29, 1.82) is 0 Å². The standard InChI is InChI=1S/C13H13N3O4/c1-20-12(18)16-11(17)9-10(15-16)14-7-13(9,19)8-5-3-2-4-6-8/h2-6,9,19H,7H2,1H3,(H,14,15)/t9-,13+/m1/s1. The highest BCUT2D eigenvalue weighted by Crippen LogP contribution is 2.38. The third kappa shape index (κ3) is 1.60. The van der Waals surface area contributed by atoms with Gasteiger partial charge in [-0.15, -0.1) is 0 Å². The summed E-state index contributed by atoms with van der Waals surface area (Å²) >= 11 is 0. The predicted molar refractivity (Wildman–Crippen MR) is 68.5 cm³/mol. The summed E-state index contributed by atoms with van der Waals surface area (Å²) in [5, 5.41) is 11.6. The number of rotatable bonds is 1. The number of benzene rings is 1. The number of aliphatic imine (C=N–C) groups is 1. The monoisotopic (exact) mass is 275 g/mol. The van der Waals surface area contributed by atoms with E-state index >= 15 is 0 Å². The molecule has 2 aliphatic rings. The van der Waals surface area contributed by atoms with Crippen molar-refractivity contribution in [2.75, 3.05) is 13.7 Å². The van der Waals surface area contributed by atoms with E-state index < -0.39 is 23.5 Å². The highest BCUT2D eigenvalue weighted by molar-refractivity contribution is 6.15. The molecule has 7 nitrogen and oxygen atoms in total. The highest BCUT2D eigenvalue weighted by Gasteiger charge is 2.57. The van der Waals surface area contributed by atoms with E-state index in [4.69, 9.17) is 0 Å². The van der Waals surface area contributed by atoms with Crippen LogP contribution in [0.25, 0.3) is 0 Å². The molecule has 0 spiro atoms. The van der Waals surface area contributed by atoms with Gasteiger partial charge in [0, 0.05) is 0 Å². The number of hydrazine groups is 1. The Hall–Kier alpha value is -2.41. The lowest BCUT2D eigenvalue weighted by Crippen LogP contribution is -2.44. The summed E-state index contributed by atoms with van der Waals surface area (Å²) in [5.41, 5.74) is 1.73. The van der Waals surface area contributed by atoms with E-state index in [1.807, 2.05) is 6.07 Å². The Kier molecular flexibility index (Phi) is 2.72. The van der Waals surface area contributed by atoms with Crippen molar-refractivity contribution < 1.29 is 19.4 Å². The maximum absolute atomic E-state index is 12.3. The number of hydrogen-bond donors (Lipinski definition) is 2. The van der Waals surface area contributed by atoms with Gasteiger partial charge in [0.25, 0.3) is 5.91 Å². The van der Waals surface area contributed by atoms with Gasteiger partial charge in [0.1, 0.15) is 17.4 Å². The Bertz CT molecular complexity index is 601. The van der Waals surface area contributed by atoms with Crippen molar-refractivity contribution in [1.82, 2.24) is 10.4 Å². The molecule has 2 atom stereocenters. The molecule has 2 N–H and O–H groups in total. The van der Waals surface area contributed by atoms with E-state index in [-0.39, 0.29) is 12.4 Å². The Morgan fingerprint density at radius 1 is 1.50 bits per heavy atom. The van der Waals surface area contributed by atoms with Gasteiger partial charge in [-0.3, -0.25) is 15.2 Å². The number of imide groups is 1. The summed E-state index contributed by atoms with van der Waals surface area (Å²) in [4.78, 5) is 27.9. The van der Waals surface area contributed by atoms with Crippen LogP contribution in [0.5, 0.6) is 0 Å². The first kappa shape index (κ1) is 12.6. The zero-order valence-corrected chi connectivity index (χ0v) is 10.7. The number of carbonyl (C=O) groups is 2. The molecule has 1 fully saturated rings. The molecule has 104 valence electrons. The van der Waals surface area contributed by atoms with Gasteiger partial charge < -0.3 is 9.84 Å². The van der Waals surface area contributed by atoms with Crippen LogP contribution in [0, 0.1) is 5.92 Å². The van der Waals surface area contributed by atoms with E-state index in [2.05, 4.69) is 15.2 Å². The van der Waals surface area contributed by atoms with Crippen LogP contribution in [0.1, 0.15) is 5.56 Å². The molecule has 1 saturated heterocycles. The van der Waals surface area contributed by atoms with E-state index in [1.165, 1.54) is 7.11 Å². The Labute approximate surface area is 114 Å². The molecule has 0 unspecified atom stereocenters. The fourth-order valence-electron chi connectivity index (χ4n) is 2.55. The van der Waals surface area contributed by atoms with Crippen LogP contribution in [0.2, 0.25) is 0 Å². The molecule has 20 heavy (non-hydrogen) atoms. The Balaban J connectivity index is 1.97. The molecule has 1 aromatic carbocycles. The third-order valence-electron chi connectivity index (χ3n) is 3.57. The van der Waals surface area contributed by atoms with Gasteiger partial charge in [0.2, 0.25) is 0 Å². The molecule has 2 amide bonds. The molecule has 2 aliphatic heterocycles. The number of nitrogens with zero attached hydrogens (tertiary/aromatic N) is 2. The number of hydrogen-bond acceptors (Lipinski definition) is 6. The van der Waals surface area contributed by atoms with E-state index in [1.54, 1.807) is 24.3 Å². The van der Waals surface area contributed by atoms with Crippen molar-refractivity contribution in [3.05, 3.63) is 35.9 Å². The molecular formula is C13H13N3O4. The number of nitrogens with one attached hydrogen (secondary N) is 1. The lowest BCUT2D eigenvalue weighted by atomic mass is 9.82. The van der Waals surface area contributed by atoms with Gasteiger partial charge in [-0.05, 0) is 5.56 Å². The average molecular weight is 275 g/mol. The maximum atomic E-state index is 12.3. The van der Waals surface area contributed by atoms with Gasteiger partial charge in [0.15, 0.2) is 0 Å². The van der Waals surface area contributed by atoms with Gasteiger partial charge >= 0.3 is 6.09 Å². The second-order valence-electron chi connectivity index (χ2n) is 4.68. The van der Waals surface area contributed by atoms with Crippen LogP contribution >= 0.6 is 0 Å². The second kappa shape index (κ2) is 4.31. The van der Waals surface area contributed by atoms with E-state index in [0.29, 0.717) is 5.56 Å². The molecule has 1 aromatic rings. The summed E-state index contributed by atoms with van der Waals surface area (Å²) in [6, 6.07) is 8.82. The van der Waals surface area contributed by atoms with Crippen LogP contribution in [0.4, 0.5) is 4.79 Å². The minimum atomic E-state index is -1.44. The minimum absolute atomic E-state index is 0.0742. The zero-order valence-electron chi connectivity index (χ0n) is 10.7. The maximum Gasteiger partial charge on any atom is 0.435 e. The first-order valence-electron chi connectivity index (χ1n) is 6.09. The number of amidine groups is 1. The molecule has 0 bridgehead atoms. The number of aliphatic hydroxyl groups is 1. The van der Waals surface area contributed by atoms with Crippen molar-refractivity contribution >= 4 is 17.8 Å². The van der Waals surface area contributed by atoms with Crippen LogP contribution in [0.15, 0.2) is 35.3 Å². The summed E-state index contributed by atoms with van der Waals surface area (Å²) in [7, 11) is 1.18. The fourth-order valence-corrected chi connectivity index (χ4v) is 2.55. The topological polar surface area (TPSA) is 91.2 Å². The first-order valence-corrected chi connectivity index (χ1v) is 6.09. The number of fused-ring (bicyclic) bond motifs is 1. The Morgan fingerprint density at radius 2 is 2.20 bits per heavy atom. The van der Waals surface area contributed by atoms with Crippen LogP contribution in [0.3, 0.4) is 0 Å². The summed E-state index contributed by atoms with van der Waals surface area (Å²) < 4.78 is 4.51. The quantitative estimate of drug-likeness (QED) is 0.753. The van der Waals surface area contributed by atoms with Crippen molar-refractivity contribution in [2.24, 2.45) is 10.9 Å². The predicted octanol–water partition coefficient (Wildman–Crippen LogP) is 0.0157. The van der Waals surface area contributed by atoms with Crippen molar-refractivity contribution in [2.45, 2.75) is 5.60 Å². The summed E-state index contributed by atoms with van der Waals surface area (Å²) in [6.45, 7) is 0.0742. The summed E-state index contributed by atoms with van der Waals surface area (Å²) in [6.07, 6.45) is -0.831. The number of ether oxygens (including phenoxy) is 1. The van der Waals surface area contributed by atoms with Gasteiger partial charge in [-0.25, -0.2) is 4.79 Å². The first-order chi connectivity index (χ1) is 9.58. The highest BCUT2D eigenvalue weighted by atomic mass is 16.5. The molecule has 2 heterocycles. The molecule has 0 radical (unpaired) electrons. The fraction of sp³-hybridized carbons (Fsp3) is 0.308. The molecule has 0 aromatic heterocycles. The summed E-state index contributed by atoms with van der Waals surface area (Å²) in [5.74, 6) is -1.20. The third-order valence-corrected chi connectivity index (χ3v) is 3.57. The van der Waals surface area contributed by atoms with Crippen molar-refractivity contribution in [3.8, 4) is 0 Å². The van der Waals surface area contributed by atoms with Crippen LogP contribution in [-0.2, 0) is 15.1 Å². The SMILES string of the molecule is COC(=O)N1NC2=NC[C@](O)(c3ccccc3)[C@H]2C1=O. The van der Waals surface area contributed by atoms with E-state index in [9.17, 15) is 14.7 Å². The smallest absolute Gasteiger partial charge is 0.435 e. The van der Waals surface area contributed by atoms with Gasteiger partial charge in [0.05, 0.1) is 13.7 Å². The molecule has 0 aliphatic carbocycles. The number of methoxy groups -OCH3 is 1. The van der Waals surface area contributed by atoms with Crippen LogP contribution in [-0.4, -0.2) is 41.6 Å². The zero-order chi connectivity index (χ0) is 14.3. The van der Waals surface area contributed by atoms with Crippen molar-refractivity contribution in [3.63, 3.8) is 0 Å². The molecular weight excluding hydrogens is 262 g/mol. The normalized spacial score (nSPS) is 27.9. The average Bonchev–Trinajstić information content (AvgIpc) is 2.99. The lowest BCUT2D eigenvalue weighted by Gasteiger charge is -2.26. The van der Waals surface area contributed by atoms with E-state index in [0.717, 1.165) is 5.01 Å².